The van der Waals surface area contributed by atoms with Crippen LogP contribution in [0.5, 0.6) is 0 Å². The van der Waals surface area contributed by atoms with Crippen LogP contribution in [0.25, 0.3) is 11.3 Å². The minimum atomic E-state index is -0.360. The Morgan fingerprint density at radius 3 is 2.37 bits per heavy atom. The van der Waals surface area contributed by atoms with Gasteiger partial charge in [-0.2, -0.15) is 0 Å². The molecule has 3 rings (SSSR count). The number of thiazole rings is 1. The van der Waals surface area contributed by atoms with Crippen LogP contribution in [0.4, 0.5) is 5.69 Å². The van der Waals surface area contributed by atoms with Crippen molar-refractivity contribution in [2.75, 3.05) is 5.32 Å². The van der Waals surface area contributed by atoms with Gasteiger partial charge in [-0.1, -0.05) is 42.5 Å². The highest BCUT2D eigenvalue weighted by Gasteiger charge is 2.17. The fourth-order valence-electron chi connectivity index (χ4n) is 2.80. The lowest BCUT2D eigenvalue weighted by atomic mass is 10.0. The Morgan fingerprint density at radius 2 is 1.78 bits per heavy atom. The average Bonchev–Trinajstić information content (AvgIpc) is 3.08. The maximum absolute atomic E-state index is 12.5. The van der Waals surface area contributed by atoms with E-state index in [1.54, 1.807) is 11.3 Å². The van der Waals surface area contributed by atoms with Crippen LogP contribution in [0.2, 0.25) is 0 Å². The summed E-state index contributed by atoms with van der Waals surface area (Å²) in [5.74, 6) is -0.325. The molecule has 5 nitrogen and oxygen atoms in total. The van der Waals surface area contributed by atoms with Gasteiger partial charge in [0.25, 0.3) is 0 Å². The number of aromatic nitrogens is 1. The Hall–Kier alpha value is -2.99. The van der Waals surface area contributed by atoms with Gasteiger partial charge in [-0.05, 0) is 24.6 Å². The Labute approximate surface area is 162 Å². The van der Waals surface area contributed by atoms with Crippen molar-refractivity contribution in [1.29, 1.82) is 0 Å². The molecule has 2 amide bonds. The molecule has 138 valence electrons. The highest BCUT2D eigenvalue weighted by Crippen LogP contribution is 2.23. The van der Waals surface area contributed by atoms with Crippen molar-refractivity contribution < 1.29 is 9.59 Å². The number of anilines is 1. The van der Waals surface area contributed by atoms with E-state index in [2.05, 4.69) is 15.6 Å². The van der Waals surface area contributed by atoms with Crippen LogP contribution >= 0.6 is 11.3 Å². The summed E-state index contributed by atoms with van der Waals surface area (Å²) in [4.78, 5) is 28.4. The van der Waals surface area contributed by atoms with Crippen molar-refractivity contribution in [1.82, 2.24) is 10.3 Å². The highest BCUT2D eigenvalue weighted by atomic mass is 32.1. The standard InChI is InChI=1S/C21H21N3O2S/c1-14(25)22-19(16-6-4-3-5-7-16)12-21(26)24-18-10-8-17(9-11-18)20-13-27-15(2)23-20/h3-11,13,19H,12H2,1-2H3,(H,22,25)(H,24,26)/t19-/m0/s1. The first kappa shape index (κ1) is 18.8. The number of rotatable bonds is 6. The number of amides is 2. The number of nitrogens with zero attached hydrogens (tertiary/aromatic N) is 1. The Bertz CT molecular complexity index is 920. The minimum Gasteiger partial charge on any atom is -0.349 e. The summed E-state index contributed by atoms with van der Waals surface area (Å²) in [6.07, 6.45) is 0.163. The van der Waals surface area contributed by atoms with Gasteiger partial charge in [0.1, 0.15) is 0 Å². The number of carbonyl (C=O) groups is 2. The summed E-state index contributed by atoms with van der Waals surface area (Å²) in [5, 5.41) is 8.77. The predicted octanol–water partition coefficient (Wildman–Crippen LogP) is 4.32. The number of carbonyl (C=O) groups excluding carboxylic acids is 2. The third kappa shape index (κ3) is 5.24. The van der Waals surface area contributed by atoms with E-state index in [1.807, 2.05) is 66.9 Å². The summed E-state index contributed by atoms with van der Waals surface area (Å²) >= 11 is 1.61. The number of hydrogen-bond acceptors (Lipinski definition) is 4. The first-order valence-electron chi connectivity index (χ1n) is 8.66. The van der Waals surface area contributed by atoms with E-state index in [4.69, 9.17) is 0 Å². The molecule has 1 aromatic heterocycles. The fourth-order valence-corrected chi connectivity index (χ4v) is 3.42. The maximum atomic E-state index is 12.5. The zero-order valence-electron chi connectivity index (χ0n) is 15.2. The lowest BCUT2D eigenvalue weighted by Gasteiger charge is -2.18. The van der Waals surface area contributed by atoms with Gasteiger partial charge in [0.15, 0.2) is 0 Å². The molecule has 0 fully saturated rings. The van der Waals surface area contributed by atoms with E-state index in [0.29, 0.717) is 5.69 Å². The van der Waals surface area contributed by atoms with E-state index in [0.717, 1.165) is 21.8 Å². The summed E-state index contributed by atoms with van der Waals surface area (Å²) in [5.41, 5.74) is 3.56. The third-order valence-corrected chi connectivity index (χ3v) is 4.83. The van der Waals surface area contributed by atoms with Gasteiger partial charge in [0.2, 0.25) is 11.8 Å². The van der Waals surface area contributed by atoms with Crippen LogP contribution in [-0.2, 0) is 9.59 Å². The Balaban J connectivity index is 1.66. The number of benzene rings is 2. The Morgan fingerprint density at radius 1 is 1.07 bits per heavy atom. The number of hydrogen-bond donors (Lipinski definition) is 2. The van der Waals surface area contributed by atoms with Gasteiger partial charge < -0.3 is 10.6 Å². The van der Waals surface area contributed by atoms with E-state index in [1.165, 1.54) is 6.92 Å². The molecule has 0 bridgehead atoms. The van der Waals surface area contributed by atoms with Gasteiger partial charge in [-0.3, -0.25) is 9.59 Å². The fraction of sp³-hybridized carbons (Fsp3) is 0.190. The first-order valence-corrected chi connectivity index (χ1v) is 9.53. The molecule has 2 aromatic carbocycles. The number of nitrogens with one attached hydrogen (secondary N) is 2. The van der Waals surface area contributed by atoms with Gasteiger partial charge in [0, 0.05) is 23.6 Å². The molecule has 0 aliphatic rings. The van der Waals surface area contributed by atoms with Gasteiger partial charge in [0.05, 0.1) is 23.2 Å². The summed E-state index contributed by atoms with van der Waals surface area (Å²) in [7, 11) is 0. The smallest absolute Gasteiger partial charge is 0.226 e. The molecule has 0 aliphatic heterocycles. The van der Waals surface area contributed by atoms with E-state index < -0.39 is 0 Å². The van der Waals surface area contributed by atoms with Crippen molar-refractivity contribution >= 4 is 28.8 Å². The topological polar surface area (TPSA) is 71.1 Å². The second-order valence-electron chi connectivity index (χ2n) is 6.25. The maximum Gasteiger partial charge on any atom is 0.226 e. The molecule has 27 heavy (non-hydrogen) atoms. The van der Waals surface area contributed by atoms with E-state index in [9.17, 15) is 9.59 Å². The highest BCUT2D eigenvalue weighted by molar-refractivity contribution is 7.09. The van der Waals surface area contributed by atoms with Crippen LogP contribution in [0.15, 0.2) is 60.0 Å². The molecule has 0 radical (unpaired) electrons. The first-order chi connectivity index (χ1) is 13.0. The molecule has 6 heteroatoms. The van der Waals surface area contributed by atoms with Crippen LogP contribution in [-0.4, -0.2) is 16.8 Å². The van der Waals surface area contributed by atoms with E-state index in [-0.39, 0.29) is 24.3 Å². The molecule has 0 saturated heterocycles. The van der Waals surface area contributed by atoms with Gasteiger partial charge in [-0.15, -0.1) is 11.3 Å². The SMILES string of the molecule is CC(=O)N[C@@H](CC(=O)Nc1ccc(-c2csc(C)n2)cc1)c1ccccc1. The molecular weight excluding hydrogens is 358 g/mol. The predicted molar refractivity (Wildman–Crippen MR) is 109 cm³/mol. The average molecular weight is 379 g/mol. The molecule has 3 aromatic rings. The molecule has 1 atom stereocenters. The minimum absolute atomic E-state index is 0.158. The molecule has 2 N–H and O–H groups in total. The molecular formula is C21H21N3O2S. The second kappa shape index (κ2) is 8.60. The molecule has 0 saturated carbocycles. The third-order valence-electron chi connectivity index (χ3n) is 4.05. The zero-order valence-corrected chi connectivity index (χ0v) is 16.0. The normalized spacial score (nSPS) is 11.6. The van der Waals surface area contributed by atoms with Crippen molar-refractivity contribution in [3.8, 4) is 11.3 Å². The Kier molecular flexibility index (Phi) is 5.98. The van der Waals surface area contributed by atoms with Crippen molar-refractivity contribution in [2.24, 2.45) is 0 Å². The summed E-state index contributed by atoms with van der Waals surface area (Å²) < 4.78 is 0. The summed E-state index contributed by atoms with van der Waals surface area (Å²) in [6.45, 7) is 3.42. The van der Waals surface area contributed by atoms with Gasteiger partial charge in [-0.25, -0.2) is 4.98 Å². The van der Waals surface area contributed by atoms with Crippen molar-refractivity contribution in [3.63, 3.8) is 0 Å². The van der Waals surface area contributed by atoms with Crippen LogP contribution in [0.3, 0.4) is 0 Å². The zero-order chi connectivity index (χ0) is 19.2. The quantitative estimate of drug-likeness (QED) is 0.670. The van der Waals surface area contributed by atoms with E-state index >= 15 is 0 Å². The molecule has 0 aliphatic carbocycles. The lowest BCUT2D eigenvalue weighted by Crippen LogP contribution is -2.29. The monoisotopic (exact) mass is 379 g/mol. The van der Waals surface area contributed by atoms with Crippen LogP contribution in [0, 0.1) is 6.92 Å². The van der Waals surface area contributed by atoms with Crippen molar-refractivity contribution in [3.05, 3.63) is 70.5 Å². The molecule has 0 unspecified atom stereocenters. The lowest BCUT2D eigenvalue weighted by molar-refractivity contribution is -0.120. The van der Waals surface area contributed by atoms with Gasteiger partial charge >= 0.3 is 0 Å². The largest absolute Gasteiger partial charge is 0.349 e. The summed E-state index contributed by atoms with van der Waals surface area (Å²) in [6, 6.07) is 16.7. The van der Waals surface area contributed by atoms with Crippen LogP contribution in [0.1, 0.15) is 30.0 Å². The second-order valence-corrected chi connectivity index (χ2v) is 7.31. The molecule has 1 heterocycles. The molecule has 0 spiro atoms. The van der Waals surface area contributed by atoms with Crippen LogP contribution < -0.4 is 10.6 Å². The number of aryl methyl sites for hydroxylation is 1. The van der Waals surface area contributed by atoms with Crippen molar-refractivity contribution in [2.45, 2.75) is 26.3 Å².